The predicted molar refractivity (Wildman–Crippen MR) is 76.6 cm³/mol. The quantitative estimate of drug-likeness (QED) is 0.618. The summed E-state index contributed by atoms with van der Waals surface area (Å²) in [5, 5.41) is 5.95. The Morgan fingerprint density at radius 3 is 2.85 bits per heavy atom. The van der Waals surface area contributed by atoms with E-state index in [0.717, 1.165) is 25.2 Å². The summed E-state index contributed by atoms with van der Waals surface area (Å²) >= 11 is 0. The van der Waals surface area contributed by atoms with E-state index in [1.807, 2.05) is 12.1 Å². The normalized spacial score (nSPS) is 10.3. The maximum Gasteiger partial charge on any atom is 0.258 e. The Labute approximate surface area is 119 Å². The van der Waals surface area contributed by atoms with E-state index in [2.05, 4.69) is 22.5 Å². The highest BCUT2D eigenvalue weighted by Crippen LogP contribution is 2.08. The number of rotatable bonds is 10. The fourth-order valence-electron chi connectivity index (χ4n) is 1.49. The van der Waals surface area contributed by atoms with Crippen LogP contribution in [0.3, 0.4) is 0 Å². The van der Waals surface area contributed by atoms with Gasteiger partial charge in [-0.15, -0.1) is 0 Å². The summed E-state index contributed by atoms with van der Waals surface area (Å²) in [6.45, 7) is 4.80. The molecule has 0 saturated heterocycles. The van der Waals surface area contributed by atoms with E-state index in [1.165, 1.54) is 0 Å². The molecular weight excluding hydrogens is 258 g/mol. The van der Waals surface area contributed by atoms with Gasteiger partial charge in [-0.1, -0.05) is 6.92 Å². The van der Waals surface area contributed by atoms with E-state index in [1.54, 1.807) is 13.3 Å². The van der Waals surface area contributed by atoms with Gasteiger partial charge in [0.2, 0.25) is 0 Å². The number of pyridine rings is 1. The summed E-state index contributed by atoms with van der Waals surface area (Å²) < 4.78 is 10.2. The van der Waals surface area contributed by atoms with Crippen LogP contribution in [0.1, 0.15) is 19.0 Å². The van der Waals surface area contributed by atoms with Crippen LogP contribution in [0, 0.1) is 0 Å². The highest BCUT2D eigenvalue weighted by Gasteiger charge is 2.02. The van der Waals surface area contributed by atoms with E-state index in [4.69, 9.17) is 9.47 Å². The van der Waals surface area contributed by atoms with E-state index < -0.39 is 0 Å². The van der Waals surface area contributed by atoms with Gasteiger partial charge in [-0.3, -0.25) is 9.78 Å². The minimum atomic E-state index is -0.171. The van der Waals surface area contributed by atoms with Crippen molar-refractivity contribution < 1.29 is 14.3 Å². The Balaban J connectivity index is 2.25. The molecule has 0 aliphatic carbocycles. The SMILES string of the molecule is CCCNCc1ccc(OCC(=O)NCCOC)cn1. The largest absolute Gasteiger partial charge is 0.482 e. The van der Waals surface area contributed by atoms with E-state index >= 15 is 0 Å². The Bertz CT molecular complexity index is 382. The van der Waals surface area contributed by atoms with Gasteiger partial charge < -0.3 is 20.1 Å². The first-order chi connectivity index (χ1) is 9.76. The Morgan fingerprint density at radius 1 is 1.35 bits per heavy atom. The summed E-state index contributed by atoms with van der Waals surface area (Å²) in [6.07, 6.45) is 2.73. The van der Waals surface area contributed by atoms with Crippen LogP contribution < -0.4 is 15.4 Å². The number of ether oxygens (including phenoxy) is 2. The molecule has 1 amide bonds. The van der Waals surface area contributed by atoms with Crippen molar-refractivity contribution in [2.45, 2.75) is 19.9 Å². The third-order valence-electron chi connectivity index (χ3n) is 2.53. The second-order valence-electron chi connectivity index (χ2n) is 4.29. The first kappa shape index (κ1) is 16.4. The van der Waals surface area contributed by atoms with Gasteiger partial charge in [0.05, 0.1) is 18.5 Å². The Kier molecular flexibility index (Phi) is 8.33. The number of aromatic nitrogens is 1. The number of nitrogens with one attached hydrogen (secondary N) is 2. The lowest BCUT2D eigenvalue weighted by Gasteiger charge is -2.08. The fourth-order valence-corrected chi connectivity index (χ4v) is 1.49. The third kappa shape index (κ3) is 7.06. The summed E-state index contributed by atoms with van der Waals surface area (Å²) in [5.41, 5.74) is 0.954. The monoisotopic (exact) mass is 281 g/mol. The second kappa shape index (κ2) is 10.2. The molecule has 20 heavy (non-hydrogen) atoms. The number of nitrogens with zero attached hydrogens (tertiary/aromatic N) is 1. The third-order valence-corrected chi connectivity index (χ3v) is 2.53. The molecule has 112 valence electrons. The fraction of sp³-hybridized carbons (Fsp3) is 0.571. The standard InChI is InChI=1S/C14H23N3O3/c1-3-6-15-9-12-4-5-13(10-17-12)20-11-14(18)16-7-8-19-2/h4-5,10,15H,3,6-9,11H2,1-2H3,(H,16,18). The zero-order valence-corrected chi connectivity index (χ0v) is 12.1. The summed E-state index contributed by atoms with van der Waals surface area (Å²) in [6, 6.07) is 3.71. The molecule has 0 spiro atoms. The van der Waals surface area contributed by atoms with Crippen LogP contribution in [0.15, 0.2) is 18.3 Å². The molecule has 6 heteroatoms. The van der Waals surface area contributed by atoms with Gasteiger partial charge in [-0.2, -0.15) is 0 Å². The molecule has 1 aromatic rings. The van der Waals surface area contributed by atoms with E-state index in [-0.39, 0.29) is 12.5 Å². The summed E-state index contributed by atoms with van der Waals surface area (Å²) in [7, 11) is 1.59. The molecule has 1 aromatic heterocycles. The lowest BCUT2D eigenvalue weighted by atomic mass is 10.3. The molecule has 6 nitrogen and oxygen atoms in total. The molecule has 0 unspecified atom stereocenters. The number of amides is 1. The summed E-state index contributed by atoms with van der Waals surface area (Å²) in [4.78, 5) is 15.7. The van der Waals surface area contributed by atoms with Crippen molar-refractivity contribution in [1.29, 1.82) is 0 Å². The van der Waals surface area contributed by atoms with Crippen molar-refractivity contribution in [3.8, 4) is 5.75 Å². The van der Waals surface area contributed by atoms with Gasteiger partial charge in [0.25, 0.3) is 5.91 Å². The lowest BCUT2D eigenvalue weighted by Crippen LogP contribution is -2.31. The van der Waals surface area contributed by atoms with Crippen LogP contribution in [-0.4, -0.2) is 44.3 Å². The minimum absolute atomic E-state index is 0.0151. The maximum atomic E-state index is 11.4. The topological polar surface area (TPSA) is 72.5 Å². The van der Waals surface area contributed by atoms with Crippen molar-refractivity contribution >= 4 is 5.91 Å². The van der Waals surface area contributed by atoms with Crippen LogP contribution in [0.5, 0.6) is 5.75 Å². The predicted octanol–water partition coefficient (Wildman–Crippen LogP) is 0.723. The molecule has 0 bridgehead atoms. The van der Waals surface area contributed by atoms with Crippen molar-refractivity contribution in [3.05, 3.63) is 24.0 Å². The molecule has 1 heterocycles. The zero-order valence-electron chi connectivity index (χ0n) is 12.1. The summed E-state index contributed by atoms with van der Waals surface area (Å²) in [5.74, 6) is 0.418. The molecular formula is C14H23N3O3. The number of hydrogen-bond acceptors (Lipinski definition) is 5. The maximum absolute atomic E-state index is 11.4. The zero-order chi connectivity index (χ0) is 14.6. The highest BCUT2D eigenvalue weighted by atomic mass is 16.5. The molecule has 0 saturated carbocycles. The molecule has 0 fully saturated rings. The van der Waals surface area contributed by atoms with Gasteiger partial charge in [0, 0.05) is 20.2 Å². The van der Waals surface area contributed by atoms with Gasteiger partial charge in [0.1, 0.15) is 5.75 Å². The van der Waals surface area contributed by atoms with E-state index in [9.17, 15) is 4.79 Å². The minimum Gasteiger partial charge on any atom is -0.482 e. The number of carbonyl (C=O) groups is 1. The molecule has 0 radical (unpaired) electrons. The van der Waals surface area contributed by atoms with E-state index in [0.29, 0.717) is 18.9 Å². The van der Waals surface area contributed by atoms with Crippen LogP contribution in [0.4, 0.5) is 0 Å². The van der Waals surface area contributed by atoms with Crippen LogP contribution in [-0.2, 0) is 16.1 Å². The second-order valence-corrected chi connectivity index (χ2v) is 4.29. The number of hydrogen-bond donors (Lipinski definition) is 2. The van der Waals surface area contributed by atoms with Gasteiger partial charge >= 0.3 is 0 Å². The Hall–Kier alpha value is -1.66. The van der Waals surface area contributed by atoms with Crippen LogP contribution in [0.2, 0.25) is 0 Å². The molecule has 0 aromatic carbocycles. The average Bonchev–Trinajstić information content (AvgIpc) is 2.47. The van der Waals surface area contributed by atoms with Crippen LogP contribution >= 0.6 is 0 Å². The number of carbonyl (C=O) groups excluding carboxylic acids is 1. The smallest absolute Gasteiger partial charge is 0.258 e. The van der Waals surface area contributed by atoms with Crippen molar-refractivity contribution in [3.63, 3.8) is 0 Å². The first-order valence-electron chi connectivity index (χ1n) is 6.80. The molecule has 0 atom stereocenters. The molecule has 1 rings (SSSR count). The van der Waals surface area contributed by atoms with Crippen molar-refractivity contribution in [2.75, 3.05) is 33.4 Å². The molecule has 0 aliphatic heterocycles. The number of methoxy groups -OCH3 is 1. The molecule has 0 aliphatic rings. The Morgan fingerprint density at radius 2 is 2.20 bits per heavy atom. The van der Waals surface area contributed by atoms with Crippen LogP contribution in [0.25, 0.3) is 0 Å². The first-order valence-corrected chi connectivity index (χ1v) is 6.80. The molecule has 2 N–H and O–H groups in total. The van der Waals surface area contributed by atoms with Crippen molar-refractivity contribution in [2.24, 2.45) is 0 Å². The average molecular weight is 281 g/mol. The van der Waals surface area contributed by atoms with Gasteiger partial charge in [-0.05, 0) is 25.1 Å². The lowest BCUT2D eigenvalue weighted by molar-refractivity contribution is -0.123. The van der Waals surface area contributed by atoms with Gasteiger partial charge in [0.15, 0.2) is 6.61 Å². The highest BCUT2D eigenvalue weighted by molar-refractivity contribution is 5.77. The van der Waals surface area contributed by atoms with Crippen molar-refractivity contribution in [1.82, 2.24) is 15.6 Å². The van der Waals surface area contributed by atoms with Gasteiger partial charge in [-0.25, -0.2) is 0 Å².